The van der Waals surface area contributed by atoms with E-state index in [1.807, 2.05) is 12.1 Å². The molecule has 102 valence electrons. The Morgan fingerprint density at radius 3 is 2.95 bits per heavy atom. The Morgan fingerprint density at radius 2 is 2.26 bits per heavy atom. The van der Waals surface area contributed by atoms with Crippen LogP contribution in [0.25, 0.3) is 0 Å². The van der Waals surface area contributed by atoms with Crippen molar-refractivity contribution < 1.29 is 9.59 Å². The molecule has 1 aromatic rings. The van der Waals surface area contributed by atoms with E-state index in [1.54, 1.807) is 12.1 Å². The van der Waals surface area contributed by atoms with Gasteiger partial charge in [-0.3, -0.25) is 9.59 Å². The van der Waals surface area contributed by atoms with Gasteiger partial charge in [0.1, 0.15) is 0 Å². The van der Waals surface area contributed by atoms with E-state index in [0.717, 1.165) is 23.9 Å². The van der Waals surface area contributed by atoms with Crippen molar-refractivity contribution in [2.24, 2.45) is 0 Å². The average molecular weight is 326 g/mol. The molecule has 0 aromatic heterocycles. The van der Waals surface area contributed by atoms with Gasteiger partial charge in [-0.2, -0.15) is 0 Å². The van der Waals surface area contributed by atoms with Crippen molar-refractivity contribution >= 4 is 33.4 Å². The molecule has 1 fully saturated rings. The monoisotopic (exact) mass is 325 g/mol. The molecule has 0 radical (unpaired) electrons. The maximum absolute atomic E-state index is 11.7. The molecular formula is C13H16BrN3O2. The molecule has 5 nitrogen and oxygen atoms in total. The molecule has 1 unspecified atom stereocenters. The van der Waals surface area contributed by atoms with Crippen molar-refractivity contribution in [2.75, 3.05) is 18.4 Å². The zero-order chi connectivity index (χ0) is 13.7. The zero-order valence-electron chi connectivity index (χ0n) is 10.4. The lowest BCUT2D eigenvalue weighted by atomic mass is 10.2. The summed E-state index contributed by atoms with van der Waals surface area (Å²) in [7, 11) is 0. The van der Waals surface area contributed by atoms with Crippen LogP contribution >= 0.6 is 15.9 Å². The first-order valence-electron chi connectivity index (χ1n) is 6.21. The summed E-state index contributed by atoms with van der Waals surface area (Å²) in [6.07, 6.45) is 1.83. The molecule has 0 bridgehead atoms. The molecule has 1 aromatic carbocycles. The van der Waals surface area contributed by atoms with E-state index in [-0.39, 0.29) is 24.4 Å². The van der Waals surface area contributed by atoms with E-state index >= 15 is 0 Å². The number of amides is 2. The van der Waals surface area contributed by atoms with Gasteiger partial charge in [0, 0.05) is 10.2 Å². The number of anilines is 1. The van der Waals surface area contributed by atoms with Gasteiger partial charge in [-0.1, -0.05) is 22.0 Å². The number of carbonyl (C=O) groups is 2. The van der Waals surface area contributed by atoms with Crippen molar-refractivity contribution in [2.45, 2.75) is 18.9 Å². The van der Waals surface area contributed by atoms with Gasteiger partial charge in [-0.25, -0.2) is 0 Å². The lowest BCUT2D eigenvalue weighted by molar-refractivity contribution is -0.125. The molecule has 0 spiro atoms. The molecule has 0 aliphatic carbocycles. The highest BCUT2D eigenvalue weighted by Gasteiger charge is 2.21. The first-order chi connectivity index (χ1) is 9.15. The van der Waals surface area contributed by atoms with Crippen molar-refractivity contribution in [3.8, 4) is 0 Å². The second-order valence-electron chi connectivity index (χ2n) is 4.43. The number of halogens is 1. The van der Waals surface area contributed by atoms with Gasteiger partial charge in [0.2, 0.25) is 11.8 Å². The van der Waals surface area contributed by atoms with Crippen LogP contribution in [0, 0.1) is 0 Å². The van der Waals surface area contributed by atoms with Crippen molar-refractivity contribution in [3.63, 3.8) is 0 Å². The minimum atomic E-state index is -0.232. The smallest absolute Gasteiger partial charge is 0.243 e. The van der Waals surface area contributed by atoms with Crippen LogP contribution in [-0.2, 0) is 9.59 Å². The number of nitrogens with one attached hydrogen (secondary N) is 3. The largest absolute Gasteiger partial charge is 0.346 e. The normalized spacial score (nSPS) is 18.1. The van der Waals surface area contributed by atoms with E-state index in [0.29, 0.717) is 5.69 Å². The van der Waals surface area contributed by atoms with Crippen LogP contribution in [0.2, 0.25) is 0 Å². The molecule has 0 saturated carbocycles. The van der Waals surface area contributed by atoms with Gasteiger partial charge in [0.15, 0.2) is 0 Å². The van der Waals surface area contributed by atoms with E-state index in [1.165, 1.54) is 0 Å². The standard InChI is InChI=1S/C13H16BrN3O2/c14-9-3-1-4-10(7-9)17-12(18)8-16-13(19)11-5-2-6-15-11/h1,3-4,7,11,15H,2,5-6,8H2,(H,16,19)(H,17,18). The third-order valence-corrected chi connectivity index (χ3v) is 3.40. The molecule has 2 rings (SSSR count). The van der Waals surface area contributed by atoms with Crippen molar-refractivity contribution in [1.82, 2.24) is 10.6 Å². The molecule has 1 heterocycles. The van der Waals surface area contributed by atoms with Gasteiger partial charge in [0.25, 0.3) is 0 Å². The maximum Gasteiger partial charge on any atom is 0.243 e. The molecule has 1 aliphatic rings. The zero-order valence-corrected chi connectivity index (χ0v) is 12.0. The van der Waals surface area contributed by atoms with Crippen LogP contribution in [0.1, 0.15) is 12.8 Å². The summed E-state index contributed by atoms with van der Waals surface area (Å²) >= 11 is 3.33. The summed E-state index contributed by atoms with van der Waals surface area (Å²) in [6.45, 7) is 0.853. The van der Waals surface area contributed by atoms with Crippen LogP contribution < -0.4 is 16.0 Å². The minimum absolute atomic E-state index is 0.0104. The summed E-state index contributed by atoms with van der Waals surface area (Å²) in [6, 6.07) is 7.16. The minimum Gasteiger partial charge on any atom is -0.346 e. The fourth-order valence-electron chi connectivity index (χ4n) is 1.97. The summed E-state index contributed by atoms with van der Waals surface area (Å²) in [4.78, 5) is 23.4. The Bertz CT molecular complexity index is 473. The fourth-order valence-corrected chi connectivity index (χ4v) is 2.37. The molecule has 6 heteroatoms. The molecule has 2 amide bonds. The number of hydrogen-bond acceptors (Lipinski definition) is 3. The Morgan fingerprint density at radius 1 is 1.42 bits per heavy atom. The number of carbonyl (C=O) groups excluding carboxylic acids is 2. The van der Waals surface area contributed by atoms with E-state index in [4.69, 9.17) is 0 Å². The predicted octanol–water partition coefficient (Wildman–Crippen LogP) is 1.26. The lowest BCUT2D eigenvalue weighted by Gasteiger charge is -2.11. The first-order valence-corrected chi connectivity index (χ1v) is 7.01. The Balaban J connectivity index is 1.76. The molecular weight excluding hydrogens is 310 g/mol. The van der Waals surface area contributed by atoms with Gasteiger partial charge in [-0.15, -0.1) is 0 Å². The van der Waals surface area contributed by atoms with Gasteiger partial charge >= 0.3 is 0 Å². The topological polar surface area (TPSA) is 70.2 Å². The van der Waals surface area contributed by atoms with Crippen molar-refractivity contribution in [3.05, 3.63) is 28.7 Å². The van der Waals surface area contributed by atoms with E-state index in [9.17, 15) is 9.59 Å². The van der Waals surface area contributed by atoms with Crippen LogP contribution in [-0.4, -0.2) is 30.9 Å². The molecule has 19 heavy (non-hydrogen) atoms. The van der Waals surface area contributed by atoms with Gasteiger partial charge in [-0.05, 0) is 37.6 Å². The van der Waals surface area contributed by atoms with E-state index < -0.39 is 0 Å². The molecule has 1 aliphatic heterocycles. The van der Waals surface area contributed by atoms with Gasteiger partial charge < -0.3 is 16.0 Å². The van der Waals surface area contributed by atoms with Crippen LogP contribution in [0.15, 0.2) is 28.7 Å². The van der Waals surface area contributed by atoms with Gasteiger partial charge in [0.05, 0.1) is 12.6 Å². The second-order valence-corrected chi connectivity index (χ2v) is 5.34. The Labute approximate surface area is 120 Å². The highest BCUT2D eigenvalue weighted by Crippen LogP contribution is 2.15. The summed E-state index contributed by atoms with van der Waals surface area (Å²) in [5, 5.41) is 8.45. The molecule has 1 atom stereocenters. The Hall–Kier alpha value is -1.40. The first kappa shape index (κ1) is 14.0. The van der Waals surface area contributed by atoms with Crippen molar-refractivity contribution in [1.29, 1.82) is 0 Å². The third-order valence-electron chi connectivity index (χ3n) is 2.91. The number of benzene rings is 1. The summed E-state index contributed by atoms with van der Waals surface area (Å²) in [5.41, 5.74) is 0.701. The highest BCUT2D eigenvalue weighted by molar-refractivity contribution is 9.10. The molecule has 1 saturated heterocycles. The predicted molar refractivity (Wildman–Crippen MR) is 76.8 cm³/mol. The SMILES string of the molecule is O=C(CNC(=O)C1CCCN1)Nc1cccc(Br)c1. The Kier molecular flexibility index (Phi) is 4.93. The average Bonchev–Trinajstić information content (AvgIpc) is 2.90. The van der Waals surface area contributed by atoms with Crippen LogP contribution in [0.3, 0.4) is 0 Å². The third kappa shape index (κ3) is 4.33. The highest BCUT2D eigenvalue weighted by atomic mass is 79.9. The van der Waals surface area contributed by atoms with Crippen LogP contribution in [0.4, 0.5) is 5.69 Å². The number of rotatable bonds is 4. The number of hydrogen-bond donors (Lipinski definition) is 3. The fraction of sp³-hybridized carbons (Fsp3) is 0.385. The van der Waals surface area contributed by atoms with E-state index in [2.05, 4.69) is 31.9 Å². The van der Waals surface area contributed by atoms with Crippen LogP contribution in [0.5, 0.6) is 0 Å². The molecule has 3 N–H and O–H groups in total. The summed E-state index contributed by atoms with van der Waals surface area (Å²) in [5.74, 6) is -0.341. The lowest BCUT2D eigenvalue weighted by Crippen LogP contribution is -2.43. The second kappa shape index (κ2) is 6.68. The summed E-state index contributed by atoms with van der Waals surface area (Å²) < 4.78 is 0.893. The maximum atomic E-state index is 11.7. The quantitative estimate of drug-likeness (QED) is 0.780.